The van der Waals surface area contributed by atoms with Crippen molar-refractivity contribution in [3.63, 3.8) is 0 Å². The largest absolute Gasteiger partial charge is 0.368 e. The number of carbonyl (C=O) groups excluding carboxylic acids is 3. The molecular formula is C11H13N3O3. The summed E-state index contributed by atoms with van der Waals surface area (Å²) in [4.78, 5) is 33.0. The van der Waals surface area contributed by atoms with Crippen LogP contribution in [-0.4, -0.2) is 30.8 Å². The van der Waals surface area contributed by atoms with Gasteiger partial charge in [0, 0.05) is 5.56 Å². The third-order valence-electron chi connectivity index (χ3n) is 1.91. The number of nitrogens with two attached hydrogens (primary N) is 1. The van der Waals surface area contributed by atoms with Crippen molar-refractivity contribution in [2.24, 2.45) is 5.73 Å². The van der Waals surface area contributed by atoms with Gasteiger partial charge < -0.3 is 16.4 Å². The van der Waals surface area contributed by atoms with Crippen LogP contribution < -0.4 is 16.4 Å². The molecule has 0 aliphatic rings. The Bertz CT molecular complexity index is 417. The summed E-state index contributed by atoms with van der Waals surface area (Å²) in [5.41, 5.74) is 5.31. The van der Waals surface area contributed by atoms with Crippen molar-refractivity contribution in [2.75, 3.05) is 13.1 Å². The minimum atomic E-state index is -0.632. The van der Waals surface area contributed by atoms with Gasteiger partial charge in [0.25, 0.3) is 5.91 Å². The van der Waals surface area contributed by atoms with Crippen LogP contribution >= 0.6 is 0 Å². The minimum absolute atomic E-state index is 0.193. The SMILES string of the molecule is NC(=O)CNC(=O)CNC(=O)c1ccccc1. The maximum absolute atomic E-state index is 11.5. The summed E-state index contributed by atoms with van der Waals surface area (Å²) < 4.78 is 0. The predicted molar refractivity (Wildman–Crippen MR) is 61.0 cm³/mol. The van der Waals surface area contributed by atoms with Gasteiger partial charge in [-0.1, -0.05) is 18.2 Å². The highest BCUT2D eigenvalue weighted by molar-refractivity contribution is 5.96. The minimum Gasteiger partial charge on any atom is -0.368 e. The first kappa shape index (κ1) is 12.7. The quantitative estimate of drug-likeness (QED) is 0.611. The van der Waals surface area contributed by atoms with Gasteiger partial charge in [-0.05, 0) is 12.1 Å². The fourth-order valence-corrected chi connectivity index (χ4v) is 1.10. The van der Waals surface area contributed by atoms with Crippen LogP contribution in [0.1, 0.15) is 10.4 Å². The molecule has 1 rings (SSSR count). The van der Waals surface area contributed by atoms with Crippen molar-refractivity contribution in [1.82, 2.24) is 10.6 Å². The molecule has 0 bridgehead atoms. The van der Waals surface area contributed by atoms with E-state index in [-0.39, 0.29) is 19.0 Å². The van der Waals surface area contributed by atoms with E-state index in [1.54, 1.807) is 30.3 Å². The van der Waals surface area contributed by atoms with E-state index in [1.807, 2.05) is 0 Å². The summed E-state index contributed by atoms with van der Waals surface area (Å²) >= 11 is 0. The molecule has 4 N–H and O–H groups in total. The average molecular weight is 235 g/mol. The standard InChI is InChI=1S/C11H13N3O3/c12-9(15)6-13-10(16)7-14-11(17)8-4-2-1-3-5-8/h1-5H,6-7H2,(H2,12,15)(H,13,16)(H,14,17). The molecule has 0 heterocycles. The smallest absolute Gasteiger partial charge is 0.251 e. The molecule has 0 unspecified atom stereocenters. The highest BCUT2D eigenvalue weighted by Crippen LogP contribution is 1.96. The van der Waals surface area contributed by atoms with Gasteiger partial charge >= 0.3 is 0 Å². The van der Waals surface area contributed by atoms with Crippen LogP contribution in [0.25, 0.3) is 0 Å². The molecule has 90 valence electrons. The third kappa shape index (κ3) is 4.78. The number of hydrogen-bond acceptors (Lipinski definition) is 3. The van der Waals surface area contributed by atoms with Gasteiger partial charge in [-0.25, -0.2) is 0 Å². The second-order valence-corrected chi connectivity index (χ2v) is 3.29. The Morgan fingerprint density at radius 3 is 2.24 bits per heavy atom. The van der Waals surface area contributed by atoms with Gasteiger partial charge in [-0.3, -0.25) is 14.4 Å². The third-order valence-corrected chi connectivity index (χ3v) is 1.91. The monoisotopic (exact) mass is 235 g/mol. The summed E-state index contributed by atoms with van der Waals surface area (Å²) in [6.07, 6.45) is 0. The average Bonchev–Trinajstić information content (AvgIpc) is 2.34. The van der Waals surface area contributed by atoms with Crippen LogP contribution in [0.3, 0.4) is 0 Å². The number of hydrogen-bond donors (Lipinski definition) is 3. The molecular weight excluding hydrogens is 222 g/mol. The Kier molecular flexibility index (Phi) is 4.68. The van der Waals surface area contributed by atoms with Crippen molar-refractivity contribution in [3.8, 4) is 0 Å². The maximum Gasteiger partial charge on any atom is 0.251 e. The van der Waals surface area contributed by atoms with Crippen LogP contribution in [-0.2, 0) is 9.59 Å². The van der Waals surface area contributed by atoms with Crippen LogP contribution in [0.15, 0.2) is 30.3 Å². The molecule has 6 nitrogen and oxygen atoms in total. The predicted octanol–water partition coefficient (Wildman–Crippen LogP) is -0.982. The van der Waals surface area contributed by atoms with E-state index in [4.69, 9.17) is 5.73 Å². The molecule has 0 saturated carbocycles. The first-order chi connectivity index (χ1) is 8.09. The van der Waals surface area contributed by atoms with Crippen molar-refractivity contribution in [2.45, 2.75) is 0 Å². The summed E-state index contributed by atoms with van der Waals surface area (Å²) in [5, 5.41) is 4.68. The molecule has 0 fully saturated rings. The van der Waals surface area contributed by atoms with Gasteiger partial charge in [-0.2, -0.15) is 0 Å². The lowest BCUT2D eigenvalue weighted by Gasteiger charge is -2.05. The molecule has 0 saturated heterocycles. The molecule has 17 heavy (non-hydrogen) atoms. The van der Waals surface area contributed by atoms with E-state index in [0.717, 1.165) is 0 Å². The number of nitrogens with one attached hydrogen (secondary N) is 2. The van der Waals surface area contributed by atoms with Crippen molar-refractivity contribution >= 4 is 17.7 Å². The molecule has 0 aliphatic carbocycles. The number of benzene rings is 1. The fraction of sp³-hybridized carbons (Fsp3) is 0.182. The fourth-order valence-electron chi connectivity index (χ4n) is 1.10. The Morgan fingerprint density at radius 1 is 1.00 bits per heavy atom. The van der Waals surface area contributed by atoms with Gasteiger partial charge in [0.15, 0.2) is 0 Å². The van der Waals surface area contributed by atoms with E-state index >= 15 is 0 Å². The van der Waals surface area contributed by atoms with E-state index in [9.17, 15) is 14.4 Å². The summed E-state index contributed by atoms with van der Waals surface area (Å²) in [5.74, 6) is -1.44. The van der Waals surface area contributed by atoms with E-state index in [1.165, 1.54) is 0 Å². The van der Waals surface area contributed by atoms with E-state index in [2.05, 4.69) is 10.6 Å². The lowest BCUT2D eigenvalue weighted by Crippen LogP contribution is -2.40. The summed E-state index contributed by atoms with van der Waals surface area (Å²) in [6, 6.07) is 8.51. The highest BCUT2D eigenvalue weighted by atomic mass is 16.2. The molecule has 0 aromatic heterocycles. The molecule has 6 heteroatoms. The van der Waals surface area contributed by atoms with Crippen LogP contribution in [0.2, 0.25) is 0 Å². The normalized spacial score (nSPS) is 9.41. The van der Waals surface area contributed by atoms with Gasteiger partial charge in [0.05, 0.1) is 13.1 Å². The van der Waals surface area contributed by atoms with Crippen LogP contribution in [0.5, 0.6) is 0 Å². The first-order valence-electron chi connectivity index (χ1n) is 4.98. The van der Waals surface area contributed by atoms with Gasteiger partial charge in [0.2, 0.25) is 11.8 Å². The zero-order valence-electron chi connectivity index (χ0n) is 9.10. The summed E-state index contributed by atoms with van der Waals surface area (Å²) in [6.45, 7) is -0.430. The van der Waals surface area contributed by atoms with Gasteiger partial charge in [0.1, 0.15) is 0 Å². The first-order valence-corrected chi connectivity index (χ1v) is 4.98. The lowest BCUT2D eigenvalue weighted by molar-refractivity contribution is -0.124. The molecule has 0 radical (unpaired) electrons. The Balaban J connectivity index is 2.34. The van der Waals surface area contributed by atoms with Crippen molar-refractivity contribution in [1.29, 1.82) is 0 Å². The van der Waals surface area contributed by atoms with Crippen molar-refractivity contribution < 1.29 is 14.4 Å². The maximum atomic E-state index is 11.5. The molecule has 1 aromatic carbocycles. The van der Waals surface area contributed by atoms with Crippen molar-refractivity contribution in [3.05, 3.63) is 35.9 Å². The Labute approximate surface area is 98.2 Å². The Morgan fingerprint density at radius 2 is 1.65 bits per heavy atom. The van der Waals surface area contributed by atoms with Gasteiger partial charge in [-0.15, -0.1) is 0 Å². The second kappa shape index (κ2) is 6.26. The number of rotatable bonds is 5. The molecule has 1 aromatic rings. The zero-order valence-corrected chi connectivity index (χ0v) is 9.10. The Hall–Kier alpha value is -2.37. The number of carbonyl (C=O) groups is 3. The van der Waals surface area contributed by atoms with E-state index in [0.29, 0.717) is 5.56 Å². The topological polar surface area (TPSA) is 101 Å². The molecule has 0 aliphatic heterocycles. The highest BCUT2D eigenvalue weighted by Gasteiger charge is 2.07. The van der Waals surface area contributed by atoms with Crippen LogP contribution in [0, 0.1) is 0 Å². The second-order valence-electron chi connectivity index (χ2n) is 3.29. The number of amides is 3. The molecule has 0 spiro atoms. The molecule has 3 amide bonds. The zero-order chi connectivity index (χ0) is 12.7. The lowest BCUT2D eigenvalue weighted by atomic mass is 10.2. The van der Waals surface area contributed by atoms with E-state index < -0.39 is 11.8 Å². The van der Waals surface area contributed by atoms with Crippen LogP contribution in [0.4, 0.5) is 0 Å². The summed E-state index contributed by atoms with van der Waals surface area (Å²) in [7, 11) is 0. The number of primary amides is 1. The molecule has 0 atom stereocenters.